The zero-order valence-corrected chi connectivity index (χ0v) is 10.0. The Hall–Kier alpha value is -1.79. The number of hydrogen-bond acceptors (Lipinski definition) is 4. The van der Waals surface area contributed by atoms with Gasteiger partial charge in [-0.1, -0.05) is 11.6 Å². The maximum absolute atomic E-state index is 11.7. The molecule has 1 atom stereocenters. The Labute approximate surface area is 108 Å². The lowest BCUT2D eigenvalue weighted by Gasteiger charge is -2.13. The molecule has 0 unspecified atom stereocenters. The van der Waals surface area contributed by atoms with Crippen molar-refractivity contribution in [2.75, 3.05) is 6.61 Å². The first-order valence-electron chi connectivity index (χ1n) is 5.08. The number of carboxylic acids is 1. The van der Waals surface area contributed by atoms with Crippen molar-refractivity contribution in [2.45, 2.75) is 12.5 Å². The van der Waals surface area contributed by atoms with E-state index in [0.29, 0.717) is 0 Å². The number of phenols is 1. The molecule has 7 heteroatoms. The van der Waals surface area contributed by atoms with Gasteiger partial charge in [0.1, 0.15) is 11.8 Å². The number of aliphatic carboxylic acids is 1. The van der Waals surface area contributed by atoms with Gasteiger partial charge in [-0.05, 0) is 18.2 Å². The van der Waals surface area contributed by atoms with Crippen molar-refractivity contribution >= 4 is 23.5 Å². The summed E-state index contributed by atoms with van der Waals surface area (Å²) in [5.74, 6) is -2.33. The van der Waals surface area contributed by atoms with E-state index in [9.17, 15) is 14.7 Å². The molecular formula is C11H12ClNO5. The Bertz CT molecular complexity index is 463. The molecule has 1 aromatic carbocycles. The Morgan fingerprint density at radius 1 is 1.39 bits per heavy atom. The lowest BCUT2D eigenvalue weighted by molar-refractivity contribution is -0.139. The van der Waals surface area contributed by atoms with Gasteiger partial charge in [0.05, 0.1) is 5.56 Å². The minimum Gasteiger partial charge on any atom is -0.507 e. The predicted octanol–water partition coefficient (Wildman–Crippen LogP) is 0.611. The summed E-state index contributed by atoms with van der Waals surface area (Å²) in [6.45, 7) is -0.376. The van der Waals surface area contributed by atoms with Crippen LogP contribution in [0.15, 0.2) is 18.2 Å². The molecule has 0 aliphatic heterocycles. The predicted molar refractivity (Wildman–Crippen MR) is 63.7 cm³/mol. The van der Waals surface area contributed by atoms with Crippen LogP contribution in [0.1, 0.15) is 16.8 Å². The summed E-state index contributed by atoms with van der Waals surface area (Å²) in [5, 5.41) is 29.4. The number of aromatic hydroxyl groups is 1. The third kappa shape index (κ3) is 3.61. The number of nitrogens with one attached hydrogen (secondary N) is 1. The van der Waals surface area contributed by atoms with Crippen LogP contribution in [0.25, 0.3) is 0 Å². The van der Waals surface area contributed by atoms with Gasteiger partial charge in [0.15, 0.2) is 0 Å². The first-order valence-corrected chi connectivity index (χ1v) is 5.46. The highest BCUT2D eigenvalue weighted by Gasteiger charge is 2.21. The van der Waals surface area contributed by atoms with Crippen LogP contribution in [0.3, 0.4) is 0 Å². The van der Waals surface area contributed by atoms with Crippen LogP contribution in [-0.2, 0) is 4.79 Å². The second kappa shape index (κ2) is 6.23. The zero-order valence-electron chi connectivity index (χ0n) is 9.26. The molecule has 4 N–H and O–H groups in total. The normalized spacial score (nSPS) is 11.9. The molecule has 0 saturated carbocycles. The van der Waals surface area contributed by atoms with Gasteiger partial charge in [-0.15, -0.1) is 0 Å². The number of phenolic OH excluding ortho intramolecular Hbond substituents is 1. The lowest BCUT2D eigenvalue weighted by Crippen LogP contribution is -2.41. The van der Waals surface area contributed by atoms with Gasteiger partial charge in [-0.3, -0.25) is 4.79 Å². The first kappa shape index (κ1) is 14.3. The molecule has 0 radical (unpaired) electrons. The van der Waals surface area contributed by atoms with Crippen molar-refractivity contribution in [1.82, 2.24) is 5.32 Å². The van der Waals surface area contributed by atoms with Crippen LogP contribution in [-0.4, -0.2) is 39.8 Å². The topological polar surface area (TPSA) is 107 Å². The van der Waals surface area contributed by atoms with Gasteiger partial charge in [0, 0.05) is 18.1 Å². The fraction of sp³-hybridized carbons (Fsp3) is 0.273. The van der Waals surface area contributed by atoms with Crippen molar-refractivity contribution in [3.05, 3.63) is 28.8 Å². The molecule has 0 bridgehead atoms. The second-order valence-electron chi connectivity index (χ2n) is 3.54. The minimum atomic E-state index is -1.26. The quantitative estimate of drug-likeness (QED) is 0.629. The monoisotopic (exact) mass is 273 g/mol. The standard InChI is InChI=1S/C11H12ClNO5/c12-6-1-2-9(15)7(5-6)10(16)13-8(3-4-14)11(17)18/h1-2,5,8,14-15H,3-4H2,(H,13,16)(H,17,18)/t8-/m1/s1. The van der Waals surface area contributed by atoms with Crippen molar-refractivity contribution in [3.8, 4) is 5.75 Å². The average molecular weight is 274 g/mol. The number of carbonyl (C=O) groups is 2. The molecule has 0 saturated heterocycles. The summed E-state index contributed by atoms with van der Waals surface area (Å²) in [5.41, 5.74) is -0.119. The largest absolute Gasteiger partial charge is 0.507 e. The van der Waals surface area contributed by atoms with Crippen LogP contribution < -0.4 is 5.32 Å². The van der Waals surface area contributed by atoms with E-state index < -0.39 is 17.9 Å². The maximum Gasteiger partial charge on any atom is 0.326 e. The van der Waals surface area contributed by atoms with Gasteiger partial charge >= 0.3 is 5.97 Å². The summed E-state index contributed by atoms with van der Waals surface area (Å²) < 4.78 is 0. The smallest absolute Gasteiger partial charge is 0.326 e. The Morgan fingerprint density at radius 2 is 2.06 bits per heavy atom. The molecule has 0 aliphatic carbocycles. The van der Waals surface area contributed by atoms with Crippen molar-refractivity contribution < 1.29 is 24.9 Å². The van der Waals surface area contributed by atoms with E-state index in [2.05, 4.69) is 5.32 Å². The Balaban J connectivity index is 2.86. The molecular weight excluding hydrogens is 262 g/mol. The third-order valence-electron chi connectivity index (χ3n) is 2.22. The van der Waals surface area contributed by atoms with E-state index in [-0.39, 0.29) is 29.4 Å². The van der Waals surface area contributed by atoms with Gasteiger partial charge in [0.25, 0.3) is 5.91 Å². The number of rotatable bonds is 5. The van der Waals surface area contributed by atoms with Crippen LogP contribution >= 0.6 is 11.6 Å². The fourth-order valence-electron chi connectivity index (χ4n) is 1.31. The second-order valence-corrected chi connectivity index (χ2v) is 3.97. The Morgan fingerprint density at radius 3 is 2.61 bits per heavy atom. The average Bonchev–Trinajstić information content (AvgIpc) is 2.31. The van der Waals surface area contributed by atoms with E-state index in [1.165, 1.54) is 18.2 Å². The van der Waals surface area contributed by atoms with Gasteiger partial charge in [-0.2, -0.15) is 0 Å². The highest BCUT2D eigenvalue weighted by Crippen LogP contribution is 2.21. The van der Waals surface area contributed by atoms with Gasteiger partial charge in [-0.25, -0.2) is 4.79 Å². The molecule has 0 fully saturated rings. The number of carbonyl (C=O) groups excluding carboxylic acids is 1. The third-order valence-corrected chi connectivity index (χ3v) is 2.46. The van der Waals surface area contributed by atoms with Crippen LogP contribution in [0.5, 0.6) is 5.75 Å². The molecule has 18 heavy (non-hydrogen) atoms. The molecule has 0 spiro atoms. The van der Waals surface area contributed by atoms with Gasteiger partial charge in [0.2, 0.25) is 0 Å². The van der Waals surface area contributed by atoms with Gasteiger partial charge < -0.3 is 20.6 Å². The highest BCUT2D eigenvalue weighted by molar-refractivity contribution is 6.31. The molecule has 6 nitrogen and oxygen atoms in total. The van der Waals surface area contributed by atoms with E-state index >= 15 is 0 Å². The van der Waals surface area contributed by atoms with E-state index in [1.807, 2.05) is 0 Å². The minimum absolute atomic E-state index is 0.119. The van der Waals surface area contributed by atoms with Crippen molar-refractivity contribution in [1.29, 1.82) is 0 Å². The number of carboxylic acid groups (broad SMARTS) is 1. The number of hydrogen-bond donors (Lipinski definition) is 4. The summed E-state index contributed by atoms with van der Waals surface area (Å²) in [4.78, 5) is 22.5. The maximum atomic E-state index is 11.7. The number of halogens is 1. The Kier molecular flexibility index (Phi) is 4.94. The van der Waals surface area contributed by atoms with E-state index in [1.54, 1.807) is 0 Å². The fourth-order valence-corrected chi connectivity index (χ4v) is 1.48. The molecule has 98 valence electrons. The van der Waals surface area contributed by atoms with Crippen molar-refractivity contribution in [3.63, 3.8) is 0 Å². The number of aliphatic hydroxyl groups is 1. The lowest BCUT2D eigenvalue weighted by atomic mass is 10.1. The SMILES string of the molecule is O=C(N[C@H](CCO)C(=O)O)c1cc(Cl)ccc1O. The molecule has 1 amide bonds. The van der Waals surface area contributed by atoms with Crippen LogP contribution in [0, 0.1) is 0 Å². The summed E-state index contributed by atoms with van der Waals surface area (Å²) >= 11 is 5.67. The highest BCUT2D eigenvalue weighted by atomic mass is 35.5. The number of amides is 1. The summed E-state index contributed by atoms with van der Waals surface area (Å²) in [7, 11) is 0. The zero-order chi connectivity index (χ0) is 13.7. The van der Waals surface area contributed by atoms with E-state index in [0.717, 1.165) is 0 Å². The van der Waals surface area contributed by atoms with Crippen molar-refractivity contribution in [2.24, 2.45) is 0 Å². The first-order chi connectivity index (χ1) is 8.45. The molecule has 0 aromatic heterocycles. The van der Waals surface area contributed by atoms with Crippen LogP contribution in [0.2, 0.25) is 5.02 Å². The molecule has 0 heterocycles. The van der Waals surface area contributed by atoms with E-state index in [4.69, 9.17) is 21.8 Å². The number of benzene rings is 1. The molecule has 1 aromatic rings. The number of aliphatic hydroxyl groups excluding tert-OH is 1. The molecule has 1 rings (SSSR count). The summed E-state index contributed by atoms with van der Waals surface area (Å²) in [6.07, 6.45) is -0.123. The van der Waals surface area contributed by atoms with Crippen LogP contribution in [0.4, 0.5) is 0 Å². The molecule has 0 aliphatic rings. The summed E-state index contributed by atoms with van der Waals surface area (Å²) in [6, 6.07) is 2.64.